The Morgan fingerprint density at radius 3 is 1.64 bits per heavy atom. The van der Waals surface area contributed by atoms with Crippen LogP contribution in [0.3, 0.4) is 0 Å². The Balaban J connectivity index is 1.08. The zero-order chi connectivity index (χ0) is 39.5. The third-order valence-corrected chi connectivity index (χ3v) is 13.5. The lowest BCUT2D eigenvalue weighted by Crippen LogP contribution is -2.14. The largest absolute Gasteiger partial charge is 0.310 e. The molecule has 9 aromatic carbocycles. The molecular weight excluding hydrogens is 731 g/mol. The minimum absolute atomic E-state index is 0.0489. The second-order valence-corrected chi connectivity index (χ2v) is 17.2. The molecule has 2 heteroatoms. The maximum absolute atomic E-state index is 2.44. The summed E-state index contributed by atoms with van der Waals surface area (Å²) in [7, 11) is 0. The molecule has 0 unspecified atom stereocenters. The van der Waals surface area contributed by atoms with E-state index in [4.69, 9.17) is 0 Å². The molecule has 1 aliphatic carbocycles. The fraction of sp³-hybridized carbons (Fsp3) is 0.0526. The maximum Gasteiger partial charge on any atom is 0.0546 e. The molecule has 0 aliphatic heterocycles. The number of hydrogen-bond donors (Lipinski definition) is 0. The van der Waals surface area contributed by atoms with Crippen LogP contribution in [0.1, 0.15) is 25.0 Å². The van der Waals surface area contributed by atoms with Gasteiger partial charge < -0.3 is 4.90 Å². The summed E-state index contributed by atoms with van der Waals surface area (Å²) in [6.07, 6.45) is 0. The lowest BCUT2D eigenvalue weighted by molar-refractivity contribution is 0.660. The molecule has 0 fully saturated rings. The molecule has 1 heterocycles. The molecule has 0 bridgehead atoms. The minimum Gasteiger partial charge on any atom is -0.310 e. The van der Waals surface area contributed by atoms with Crippen LogP contribution in [0.4, 0.5) is 17.1 Å². The molecule has 0 amide bonds. The SMILES string of the molecule is CC1(C)c2ccccc2-c2cc(-c3cccc(N(c4ccc(-c5ccccc5)cc4)c4ccc(-c5ccc6sc7ccccc7c6c5)cc4)c3-c3ccccc3)ccc21. The highest BCUT2D eigenvalue weighted by molar-refractivity contribution is 7.25. The van der Waals surface area contributed by atoms with E-state index < -0.39 is 0 Å². The molecular formula is C57H41NS. The van der Waals surface area contributed by atoms with E-state index in [-0.39, 0.29) is 5.41 Å². The Bertz CT molecular complexity index is 3160. The summed E-state index contributed by atoms with van der Waals surface area (Å²) in [5.74, 6) is 0. The van der Waals surface area contributed by atoms with Crippen molar-refractivity contribution in [3.05, 3.63) is 223 Å². The molecule has 0 atom stereocenters. The van der Waals surface area contributed by atoms with Gasteiger partial charge in [0.15, 0.2) is 0 Å². The van der Waals surface area contributed by atoms with Crippen LogP contribution in [0.5, 0.6) is 0 Å². The van der Waals surface area contributed by atoms with Gasteiger partial charge in [-0.2, -0.15) is 0 Å². The van der Waals surface area contributed by atoms with Crippen molar-refractivity contribution >= 4 is 48.6 Å². The molecule has 1 aromatic heterocycles. The minimum atomic E-state index is -0.0489. The van der Waals surface area contributed by atoms with Gasteiger partial charge in [0, 0.05) is 42.5 Å². The lowest BCUT2D eigenvalue weighted by atomic mass is 9.82. The molecule has 280 valence electrons. The predicted octanol–water partition coefficient (Wildman–Crippen LogP) is 16.5. The van der Waals surface area contributed by atoms with Gasteiger partial charge in [0.1, 0.15) is 0 Å². The summed E-state index contributed by atoms with van der Waals surface area (Å²) in [4.78, 5) is 2.44. The van der Waals surface area contributed by atoms with Gasteiger partial charge >= 0.3 is 0 Å². The smallest absolute Gasteiger partial charge is 0.0546 e. The van der Waals surface area contributed by atoms with Crippen LogP contribution in [0.25, 0.3) is 75.8 Å². The molecule has 0 radical (unpaired) electrons. The molecule has 1 aliphatic rings. The summed E-state index contributed by atoms with van der Waals surface area (Å²) in [6.45, 7) is 4.70. The van der Waals surface area contributed by atoms with Gasteiger partial charge in [-0.25, -0.2) is 0 Å². The van der Waals surface area contributed by atoms with Crippen LogP contribution in [-0.2, 0) is 5.41 Å². The van der Waals surface area contributed by atoms with Crippen LogP contribution in [0, 0.1) is 0 Å². The van der Waals surface area contributed by atoms with Crippen molar-refractivity contribution in [3.8, 4) is 55.6 Å². The van der Waals surface area contributed by atoms with E-state index in [0.29, 0.717) is 0 Å². The standard InChI is InChI=1S/C57H41NS/c1-57(2)51-21-11-9-18-47(51)49-37-43(28-34-52(49)57)46-20-13-22-53(56(46)41-16-7-4-8-17-41)58(44-30-24-39(25-31-44)38-14-5-3-6-15-38)45-32-26-40(27-33-45)42-29-35-55-50(36-42)48-19-10-12-23-54(48)59-55/h3-37H,1-2H3. The van der Waals surface area contributed by atoms with Crippen LogP contribution >= 0.6 is 11.3 Å². The molecule has 0 saturated heterocycles. The van der Waals surface area contributed by atoms with Gasteiger partial charge in [-0.05, 0) is 116 Å². The summed E-state index contributed by atoms with van der Waals surface area (Å²) < 4.78 is 2.65. The molecule has 10 aromatic rings. The third kappa shape index (κ3) is 5.99. The number of thiophene rings is 1. The number of nitrogens with zero attached hydrogens (tertiary/aromatic N) is 1. The second-order valence-electron chi connectivity index (χ2n) is 16.1. The Labute approximate surface area is 350 Å². The third-order valence-electron chi connectivity index (χ3n) is 12.3. The molecule has 0 N–H and O–H groups in total. The van der Waals surface area contributed by atoms with E-state index in [2.05, 4.69) is 231 Å². The molecule has 11 rings (SSSR count). The first-order valence-corrected chi connectivity index (χ1v) is 21.2. The number of anilines is 3. The fourth-order valence-electron chi connectivity index (χ4n) is 9.33. The Morgan fingerprint density at radius 2 is 0.898 bits per heavy atom. The van der Waals surface area contributed by atoms with Crippen molar-refractivity contribution in [2.24, 2.45) is 0 Å². The molecule has 1 nitrogen and oxygen atoms in total. The average molecular weight is 772 g/mol. The summed E-state index contributed by atoms with van der Waals surface area (Å²) in [5.41, 5.74) is 18.3. The zero-order valence-corrected chi connectivity index (χ0v) is 33.9. The van der Waals surface area contributed by atoms with Crippen molar-refractivity contribution in [1.29, 1.82) is 0 Å². The van der Waals surface area contributed by atoms with E-state index >= 15 is 0 Å². The normalized spacial score (nSPS) is 12.7. The van der Waals surface area contributed by atoms with E-state index in [0.717, 1.165) is 17.1 Å². The topological polar surface area (TPSA) is 3.24 Å². The van der Waals surface area contributed by atoms with Crippen LogP contribution in [0.15, 0.2) is 212 Å². The molecule has 0 spiro atoms. The van der Waals surface area contributed by atoms with Gasteiger partial charge in [-0.15, -0.1) is 11.3 Å². The summed E-state index contributed by atoms with van der Waals surface area (Å²) >= 11 is 1.86. The first kappa shape index (κ1) is 35.2. The Morgan fingerprint density at radius 1 is 0.356 bits per heavy atom. The fourth-order valence-corrected chi connectivity index (χ4v) is 10.4. The monoisotopic (exact) mass is 771 g/mol. The number of rotatable bonds is 7. The number of fused-ring (bicyclic) bond motifs is 6. The summed E-state index contributed by atoms with van der Waals surface area (Å²) in [5, 5.41) is 2.64. The van der Waals surface area contributed by atoms with Crippen LogP contribution in [-0.4, -0.2) is 0 Å². The highest BCUT2D eigenvalue weighted by Gasteiger charge is 2.35. The zero-order valence-electron chi connectivity index (χ0n) is 33.1. The Hall–Kier alpha value is -7.00. The first-order valence-electron chi connectivity index (χ1n) is 20.4. The van der Waals surface area contributed by atoms with E-state index in [1.165, 1.54) is 86.9 Å². The van der Waals surface area contributed by atoms with Crippen LogP contribution < -0.4 is 4.90 Å². The number of benzene rings is 9. The Kier molecular flexibility index (Phi) is 8.43. The van der Waals surface area contributed by atoms with Gasteiger partial charge in [0.05, 0.1) is 5.69 Å². The number of hydrogen-bond acceptors (Lipinski definition) is 2. The molecule has 0 saturated carbocycles. The highest BCUT2D eigenvalue weighted by atomic mass is 32.1. The van der Waals surface area contributed by atoms with E-state index in [1.54, 1.807) is 0 Å². The van der Waals surface area contributed by atoms with E-state index in [1.807, 2.05) is 11.3 Å². The first-order chi connectivity index (χ1) is 29.0. The molecule has 59 heavy (non-hydrogen) atoms. The average Bonchev–Trinajstić information content (AvgIpc) is 3.78. The van der Waals surface area contributed by atoms with Gasteiger partial charge in [0.25, 0.3) is 0 Å². The van der Waals surface area contributed by atoms with Crippen molar-refractivity contribution < 1.29 is 0 Å². The lowest BCUT2D eigenvalue weighted by Gasteiger charge is -2.29. The van der Waals surface area contributed by atoms with Crippen molar-refractivity contribution in [2.45, 2.75) is 19.3 Å². The van der Waals surface area contributed by atoms with Gasteiger partial charge in [-0.3, -0.25) is 0 Å². The quantitative estimate of drug-likeness (QED) is 0.156. The summed E-state index contributed by atoms with van der Waals surface area (Å²) in [6, 6.07) is 78.2. The predicted molar refractivity (Wildman–Crippen MR) is 253 cm³/mol. The van der Waals surface area contributed by atoms with Crippen molar-refractivity contribution in [2.75, 3.05) is 4.90 Å². The van der Waals surface area contributed by atoms with Gasteiger partial charge in [0.2, 0.25) is 0 Å². The second kappa shape index (κ2) is 14.1. The van der Waals surface area contributed by atoms with Crippen LogP contribution in [0.2, 0.25) is 0 Å². The van der Waals surface area contributed by atoms with Gasteiger partial charge in [-0.1, -0.05) is 172 Å². The van der Waals surface area contributed by atoms with E-state index in [9.17, 15) is 0 Å². The highest BCUT2D eigenvalue weighted by Crippen LogP contribution is 2.51. The van der Waals surface area contributed by atoms with Crippen molar-refractivity contribution in [1.82, 2.24) is 0 Å². The maximum atomic E-state index is 2.44. The van der Waals surface area contributed by atoms with Crippen molar-refractivity contribution in [3.63, 3.8) is 0 Å².